The van der Waals surface area contributed by atoms with Crippen LogP contribution >= 0.6 is 11.8 Å². The zero-order valence-corrected chi connectivity index (χ0v) is 14.3. The largest absolute Gasteiger partial charge is 0.389 e. The van der Waals surface area contributed by atoms with E-state index >= 15 is 0 Å². The van der Waals surface area contributed by atoms with E-state index in [0.29, 0.717) is 13.1 Å². The molecule has 0 radical (unpaired) electrons. The Morgan fingerprint density at radius 1 is 1.33 bits per heavy atom. The van der Waals surface area contributed by atoms with Crippen LogP contribution in [0.2, 0.25) is 0 Å². The van der Waals surface area contributed by atoms with Crippen molar-refractivity contribution in [3.63, 3.8) is 0 Å². The SMILES string of the molecule is CSc1ccc(CNC(=O)N(CC(C)(C)O)C(C)C)cc1. The molecule has 0 fully saturated rings. The lowest BCUT2D eigenvalue weighted by atomic mass is 10.1. The molecule has 1 aromatic carbocycles. The van der Waals surface area contributed by atoms with Crippen molar-refractivity contribution < 1.29 is 9.90 Å². The lowest BCUT2D eigenvalue weighted by Gasteiger charge is -2.32. The number of amides is 2. The van der Waals surface area contributed by atoms with E-state index in [9.17, 15) is 9.90 Å². The number of nitrogens with one attached hydrogen (secondary N) is 1. The smallest absolute Gasteiger partial charge is 0.317 e. The summed E-state index contributed by atoms with van der Waals surface area (Å²) in [5, 5.41) is 12.8. The second-order valence-corrected chi connectivity index (χ2v) is 6.92. The van der Waals surface area contributed by atoms with Crippen LogP contribution in [0.4, 0.5) is 4.79 Å². The normalized spacial score (nSPS) is 11.6. The van der Waals surface area contributed by atoms with Gasteiger partial charge in [0.05, 0.1) is 12.1 Å². The van der Waals surface area contributed by atoms with Crippen LogP contribution in [0, 0.1) is 0 Å². The summed E-state index contributed by atoms with van der Waals surface area (Å²) in [5.41, 5.74) is 0.162. The van der Waals surface area contributed by atoms with Crippen molar-refractivity contribution in [1.82, 2.24) is 10.2 Å². The summed E-state index contributed by atoms with van der Waals surface area (Å²) < 4.78 is 0. The molecule has 0 aliphatic rings. The van der Waals surface area contributed by atoms with Crippen molar-refractivity contribution in [1.29, 1.82) is 0 Å². The number of rotatable bonds is 6. The van der Waals surface area contributed by atoms with Crippen molar-refractivity contribution in [2.75, 3.05) is 12.8 Å². The highest BCUT2D eigenvalue weighted by Crippen LogP contribution is 2.15. The fourth-order valence-corrected chi connectivity index (χ4v) is 2.34. The van der Waals surface area contributed by atoms with E-state index in [1.165, 1.54) is 4.90 Å². The Labute approximate surface area is 131 Å². The molecule has 21 heavy (non-hydrogen) atoms. The maximum absolute atomic E-state index is 12.3. The van der Waals surface area contributed by atoms with Crippen LogP contribution in [0.15, 0.2) is 29.2 Å². The van der Waals surface area contributed by atoms with Crippen molar-refractivity contribution in [2.24, 2.45) is 0 Å². The van der Waals surface area contributed by atoms with Crippen molar-refractivity contribution in [3.8, 4) is 0 Å². The average molecular weight is 310 g/mol. The van der Waals surface area contributed by atoms with Gasteiger partial charge in [0.2, 0.25) is 0 Å². The third-order valence-electron chi connectivity index (χ3n) is 3.04. The molecule has 5 heteroatoms. The van der Waals surface area contributed by atoms with Gasteiger partial charge in [-0.05, 0) is 51.6 Å². The number of carbonyl (C=O) groups is 1. The molecule has 0 aromatic heterocycles. The molecule has 118 valence electrons. The zero-order valence-electron chi connectivity index (χ0n) is 13.5. The Kier molecular flexibility index (Phi) is 6.55. The van der Waals surface area contributed by atoms with Crippen molar-refractivity contribution in [2.45, 2.75) is 50.8 Å². The van der Waals surface area contributed by atoms with Gasteiger partial charge in [0.15, 0.2) is 0 Å². The molecule has 0 spiro atoms. The van der Waals surface area contributed by atoms with Gasteiger partial charge in [-0.2, -0.15) is 0 Å². The number of nitrogens with zero attached hydrogens (tertiary/aromatic N) is 1. The van der Waals surface area contributed by atoms with Gasteiger partial charge < -0.3 is 15.3 Å². The van der Waals surface area contributed by atoms with E-state index in [0.717, 1.165) is 5.56 Å². The van der Waals surface area contributed by atoms with Gasteiger partial charge in [0, 0.05) is 17.5 Å². The maximum Gasteiger partial charge on any atom is 0.317 e. The molecule has 0 saturated heterocycles. The first kappa shape index (κ1) is 17.9. The van der Waals surface area contributed by atoms with E-state index in [4.69, 9.17) is 0 Å². The predicted octanol–water partition coefficient (Wildman–Crippen LogP) is 3.10. The molecule has 1 aromatic rings. The van der Waals surface area contributed by atoms with Crippen LogP contribution in [0.1, 0.15) is 33.3 Å². The number of carbonyl (C=O) groups excluding carboxylic acids is 1. The summed E-state index contributed by atoms with van der Waals surface area (Å²) in [5.74, 6) is 0. The molecule has 0 bridgehead atoms. The number of hydrogen-bond donors (Lipinski definition) is 2. The molecule has 0 unspecified atom stereocenters. The minimum Gasteiger partial charge on any atom is -0.389 e. The molecule has 0 heterocycles. The topological polar surface area (TPSA) is 52.6 Å². The lowest BCUT2D eigenvalue weighted by Crippen LogP contribution is -2.49. The monoisotopic (exact) mass is 310 g/mol. The van der Waals surface area contributed by atoms with Crippen LogP contribution in [0.25, 0.3) is 0 Å². The Bertz CT molecular complexity index is 452. The molecule has 2 amide bonds. The molecule has 4 nitrogen and oxygen atoms in total. The third-order valence-corrected chi connectivity index (χ3v) is 3.79. The summed E-state index contributed by atoms with van der Waals surface area (Å²) in [6.45, 7) is 8.09. The summed E-state index contributed by atoms with van der Waals surface area (Å²) in [4.78, 5) is 15.1. The third kappa shape index (κ3) is 6.40. The van der Waals surface area contributed by atoms with E-state index in [-0.39, 0.29) is 12.1 Å². The van der Waals surface area contributed by atoms with E-state index in [1.807, 2.05) is 44.4 Å². The average Bonchev–Trinajstić information content (AvgIpc) is 2.41. The Morgan fingerprint density at radius 2 is 1.90 bits per heavy atom. The second-order valence-electron chi connectivity index (χ2n) is 6.04. The predicted molar refractivity (Wildman–Crippen MR) is 88.6 cm³/mol. The van der Waals surface area contributed by atoms with Crippen molar-refractivity contribution in [3.05, 3.63) is 29.8 Å². The molecular weight excluding hydrogens is 284 g/mol. The molecular formula is C16H26N2O2S. The summed E-state index contributed by atoms with van der Waals surface area (Å²) in [6.07, 6.45) is 2.04. The quantitative estimate of drug-likeness (QED) is 0.794. The van der Waals surface area contributed by atoms with Crippen LogP contribution in [-0.2, 0) is 6.54 Å². The molecule has 0 atom stereocenters. The van der Waals surface area contributed by atoms with Gasteiger partial charge in [-0.25, -0.2) is 4.79 Å². The van der Waals surface area contributed by atoms with Gasteiger partial charge in [0.1, 0.15) is 0 Å². The number of benzene rings is 1. The number of thioether (sulfide) groups is 1. The van der Waals surface area contributed by atoms with E-state index in [2.05, 4.69) is 5.32 Å². The molecule has 2 N–H and O–H groups in total. The molecule has 0 saturated carbocycles. The fraction of sp³-hybridized carbons (Fsp3) is 0.562. The molecule has 0 aliphatic heterocycles. The van der Waals surface area contributed by atoms with Gasteiger partial charge >= 0.3 is 6.03 Å². The van der Waals surface area contributed by atoms with Crippen LogP contribution in [0.5, 0.6) is 0 Å². The lowest BCUT2D eigenvalue weighted by molar-refractivity contribution is 0.0387. The van der Waals surface area contributed by atoms with Crippen LogP contribution < -0.4 is 5.32 Å². The van der Waals surface area contributed by atoms with Gasteiger partial charge in [0.25, 0.3) is 0 Å². The first-order chi connectivity index (χ1) is 9.73. The minimum atomic E-state index is -0.901. The van der Waals surface area contributed by atoms with Crippen molar-refractivity contribution >= 4 is 17.8 Å². The van der Waals surface area contributed by atoms with Crippen LogP contribution in [0.3, 0.4) is 0 Å². The number of hydrogen-bond acceptors (Lipinski definition) is 3. The highest BCUT2D eigenvalue weighted by atomic mass is 32.2. The summed E-state index contributed by atoms with van der Waals surface area (Å²) in [6, 6.07) is 8.01. The van der Waals surface area contributed by atoms with Gasteiger partial charge in [-0.15, -0.1) is 11.8 Å². The second kappa shape index (κ2) is 7.71. The fourth-order valence-electron chi connectivity index (χ4n) is 1.93. The minimum absolute atomic E-state index is 0.0373. The van der Waals surface area contributed by atoms with E-state index < -0.39 is 5.60 Å². The highest BCUT2D eigenvalue weighted by molar-refractivity contribution is 7.98. The van der Waals surface area contributed by atoms with Crippen LogP contribution in [-0.4, -0.2) is 40.5 Å². The van der Waals surface area contributed by atoms with E-state index in [1.54, 1.807) is 30.5 Å². The Balaban J connectivity index is 2.60. The first-order valence-electron chi connectivity index (χ1n) is 7.12. The maximum atomic E-state index is 12.3. The molecule has 0 aliphatic carbocycles. The number of aliphatic hydroxyl groups is 1. The van der Waals surface area contributed by atoms with Gasteiger partial charge in [-0.3, -0.25) is 0 Å². The highest BCUT2D eigenvalue weighted by Gasteiger charge is 2.24. The van der Waals surface area contributed by atoms with Gasteiger partial charge in [-0.1, -0.05) is 12.1 Å². The Hall–Kier alpha value is -1.20. The standard InChI is InChI=1S/C16H26N2O2S/c1-12(2)18(11-16(3,4)20)15(19)17-10-13-6-8-14(21-5)9-7-13/h6-9,12,20H,10-11H2,1-5H3,(H,17,19). The summed E-state index contributed by atoms with van der Waals surface area (Å²) >= 11 is 1.69. The zero-order chi connectivity index (χ0) is 16.0. The Morgan fingerprint density at radius 3 is 2.33 bits per heavy atom. The number of urea groups is 1. The summed E-state index contributed by atoms with van der Waals surface area (Å²) in [7, 11) is 0. The molecule has 1 rings (SSSR count). The first-order valence-corrected chi connectivity index (χ1v) is 8.35.